The van der Waals surface area contributed by atoms with Gasteiger partial charge in [0.15, 0.2) is 5.69 Å². The van der Waals surface area contributed by atoms with Crippen molar-refractivity contribution in [2.45, 2.75) is 33.6 Å². The molecule has 2 heterocycles. The van der Waals surface area contributed by atoms with Gasteiger partial charge in [0.25, 0.3) is 5.91 Å². The third-order valence-corrected chi connectivity index (χ3v) is 3.83. The Morgan fingerprint density at radius 2 is 1.95 bits per heavy atom. The number of rotatable bonds is 2. The van der Waals surface area contributed by atoms with Crippen molar-refractivity contribution >= 4 is 11.6 Å². The fourth-order valence-corrected chi connectivity index (χ4v) is 2.30. The van der Waals surface area contributed by atoms with Gasteiger partial charge < -0.3 is 10.6 Å². The lowest BCUT2D eigenvalue weighted by atomic mass is 10.0. The molecule has 1 amide bonds. The van der Waals surface area contributed by atoms with E-state index in [0.717, 1.165) is 13.1 Å². The molecule has 5 nitrogen and oxygen atoms in total. The highest BCUT2D eigenvalue weighted by Crippen LogP contribution is 2.24. The monoisotopic (exact) mass is 262 g/mol. The fraction of sp³-hybridized carbons (Fsp3) is 0.643. The summed E-state index contributed by atoms with van der Waals surface area (Å²) in [6.45, 7) is 9.89. The lowest BCUT2D eigenvalue weighted by molar-refractivity contribution is 0.0779. The number of nitrogens with two attached hydrogens (primary N) is 1. The van der Waals surface area contributed by atoms with Crippen LogP contribution in [0.4, 0.5) is 5.69 Å². The average Bonchev–Trinajstić information content (AvgIpc) is 2.69. The van der Waals surface area contributed by atoms with E-state index in [1.165, 1.54) is 0 Å². The predicted molar refractivity (Wildman–Crippen MR) is 74.8 cm³/mol. The van der Waals surface area contributed by atoms with E-state index in [2.05, 4.69) is 23.8 Å². The van der Waals surface area contributed by atoms with Crippen molar-refractivity contribution in [2.24, 2.45) is 11.8 Å². The molecule has 1 fully saturated rings. The fourth-order valence-electron chi connectivity index (χ4n) is 2.30. The smallest absolute Gasteiger partial charge is 0.274 e. The summed E-state index contributed by atoms with van der Waals surface area (Å²) in [6, 6.07) is 0. The number of likely N-dealkylation sites (tertiary alicyclic amines) is 1. The van der Waals surface area contributed by atoms with Crippen LogP contribution < -0.4 is 5.73 Å². The Morgan fingerprint density at radius 1 is 1.37 bits per heavy atom. The van der Waals surface area contributed by atoms with Crippen molar-refractivity contribution in [3.63, 3.8) is 0 Å². The molecule has 104 valence electrons. The van der Waals surface area contributed by atoms with Gasteiger partial charge in [0.2, 0.25) is 0 Å². The van der Waals surface area contributed by atoms with Crippen LogP contribution in [0.25, 0.3) is 0 Å². The Balaban J connectivity index is 2.26. The molecule has 2 N–H and O–H groups in total. The molecule has 0 aromatic carbocycles. The van der Waals surface area contributed by atoms with Crippen LogP contribution in [0.1, 0.15) is 49.9 Å². The van der Waals surface area contributed by atoms with Crippen molar-refractivity contribution in [3.8, 4) is 0 Å². The second-order valence-electron chi connectivity index (χ2n) is 5.85. The molecule has 2 atom stereocenters. The van der Waals surface area contributed by atoms with Gasteiger partial charge in [0.1, 0.15) is 5.82 Å². The zero-order chi connectivity index (χ0) is 14.2. The van der Waals surface area contributed by atoms with Crippen molar-refractivity contribution in [1.82, 2.24) is 14.9 Å². The van der Waals surface area contributed by atoms with Gasteiger partial charge >= 0.3 is 0 Å². The molecule has 1 aliphatic rings. The standard InChI is InChI=1S/C14H22N4O/c1-8(2)13-16-5-11(15)12(17-13)14(19)18-6-9(3)10(4)7-18/h5,8-10H,6-7,15H2,1-4H3. The summed E-state index contributed by atoms with van der Waals surface area (Å²) in [6.07, 6.45) is 1.54. The van der Waals surface area contributed by atoms with E-state index in [4.69, 9.17) is 5.73 Å². The van der Waals surface area contributed by atoms with Gasteiger partial charge in [0, 0.05) is 19.0 Å². The van der Waals surface area contributed by atoms with E-state index in [1.807, 2.05) is 18.7 Å². The van der Waals surface area contributed by atoms with Crippen molar-refractivity contribution in [2.75, 3.05) is 18.8 Å². The van der Waals surface area contributed by atoms with Crippen molar-refractivity contribution in [3.05, 3.63) is 17.7 Å². The first-order valence-corrected chi connectivity index (χ1v) is 6.81. The molecule has 19 heavy (non-hydrogen) atoms. The summed E-state index contributed by atoms with van der Waals surface area (Å²) in [4.78, 5) is 22.8. The van der Waals surface area contributed by atoms with Gasteiger partial charge in [-0.15, -0.1) is 0 Å². The number of hydrogen-bond donors (Lipinski definition) is 1. The van der Waals surface area contributed by atoms with Crippen LogP contribution in [0, 0.1) is 11.8 Å². The highest BCUT2D eigenvalue weighted by molar-refractivity contribution is 5.97. The number of amides is 1. The minimum absolute atomic E-state index is 0.0713. The quantitative estimate of drug-likeness (QED) is 0.883. The van der Waals surface area contributed by atoms with Gasteiger partial charge in [-0.05, 0) is 11.8 Å². The van der Waals surface area contributed by atoms with E-state index < -0.39 is 0 Å². The van der Waals surface area contributed by atoms with Gasteiger partial charge in [-0.1, -0.05) is 27.7 Å². The van der Waals surface area contributed by atoms with Crippen molar-refractivity contribution in [1.29, 1.82) is 0 Å². The Bertz CT molecular complexity index is 476. The van der Waals surface area contributed by atoms with Gasteiger partial charge in [-0.2, -0.15) is 0 Å². The number of aromatic nitrogens is 2. The number of hydrogen-bond acceptors (Lipinski definition) is 4. The van der Waals surface area contributed by atoms with Crippen LogP contribution in [-0.4, -0.2) is 33.9 Å². The van der Waals surface area contributed by atoms with E-state index in [-0.39, 0.29) is 11.8 Å². The summed E-state index contributed by atoms with van der Waals surface area (Å²) in [5, 5.41) is 0. The molecule has 2 unspecified atom stereocenters. The zero-order valence-electron chi connectivity index (χ0n) is 12.1. The first-order chi connectivity index (χ1) is 8.90. The molecule has 0 saturated carbocycles. The van der Waals surface area contributed by atoms with Crippen LogP contribution in [0.15, 0.2) is 6.20 Å². The maximum Gasteiger partial charge on any atom is 0.274 e. The minimum atomic E-state index is -0.0713. The maximum atomic E-state index is 12.5. The summed E-state index contributed by atoms with van der Waals surface area (Å²) in [7, 11) is 0. The van der Waals surface area contributed by atoms with Gasteiger partial charge in [-0.25, -0.2) is 9.97 Å². The second-order valence-corrected chi connectivity index (χ2v) is 5.85. The van der Waals surface area contributed by atoms with Crippen LogP contribution in [-0.2, 0) is 0 Å². The predicted octanol–water partition coefficient (Wildman–Crippen LogP) is 1.91. The molecule has 0 spiro atoms. The Hall–Kier alpha value is -1.65. The van der Waals surface area contributed by atoms with Gasteiger partial charge in [0.05, 0.1) is 11.9 Å². The van der Waals surface area contributed by atoms with Crippen LogP contribution in [0.2, 0.25) is 0 Å². The van der Waals surface area contributed by atoms with E-state index in [1.54, 1.807) is 6.20 Å². The number of carbonyl (C=O) groups excluding carboxylic acids is 1. The molecule has 1 aromatic rings. The average molecular weight is 262 g/mol. The molecule has 5 heteroatoms. The number of anilines is 1. The third kappa shape index (κ3) is 2.69. The first kappa shape index (κ1) is 13.8. The number of carbonyl (C=O) groups is 1. The summed E-state index contributed by atoms with van der Waals surface area (Å²) in [5.74, 6) is 1.83. The topological polar surface area (TPSA) is 72.1 Å². The molecular weight excluding hydrogens is 240 g/mol. The molecular formula is C14H22N4O. The Kier molecular flexibility index (Phi) is 3.73. The largest absolute Gasteiger partial charge is 0.396 e. The molecule has 0 bridgehead atoms. The van der Waals surface area contributed by atoms with E-state index in [9.17, 15) is 4.79 Å². The van der Waals surface area contributed by atoms with E-state index in [0.29, 0.717) is 29.0 Å². The normalized spacial score (nSPS) is 23.1. The van der Waals surface area contributed by atoms with Crippen LogP contribution in [0.5, 0.6) is 0 Å². The van der Waals surface area contributed by atoms with Crippen LogP contribution in [0.3, 0.4) is 0 Å². The summed E-state index contributed by atoms with van der Waals surface area (Å²) >= 11 is 0. The highest BCUT2D eigenvalue weighted by atomic mass is 16.2. The SMILES string of the molecule is CC(C)c1ncc(N)c(C(=O)N2CC(C)C(C)C2)n1. The Morgan fingerprint density at radius 3 is 2.47 bits per heavy atom. The van der Waals surface area contributed by atoms with Gasteiger partial charge in [-0.3, -0.25) is 4.79 Å². The lowest BCUT2D eigenvalue weighted by Crippen LogP contribution is -2.30. The van der Waals surface area contributed by atoms with Crippen molar-refractivity contribution < 1.29 is 4.79 Å². The first-order valence-electron chi connectivity index (χ1n) is 6.81. The van der Waals surface area contributed by atoms with Crippen LogP contribution >= 0.6 is 0 Å². The lowest BCUT2D eigenvalue weighted by Gasteiger charge is -2.17. The number of nitrogen functional groups attached to an aromatic ring is 1. The molecule has 1 saturated heterocycles. The second kappa shape index (κ2) is 5.15. The molecule has 0 radical (unpaired) electrons. The molecule has 1 aromatic heterocycles. The third-order valence-electron chi connectivity index (χ3n) is 3.83. The zero-order valence-corrected chi connectivity index (χ0v) is 12.1. The van der Waals surface area contributed by atoms with E-state index >= 15 is 0 Å². The highest BCUT2D eigenvalue weighted by Gasteiger charge is 2.31. The molecule has 2 rings (SSSR count). The molecule has 1 aliphatic heterocycles. The molecule has 0 aliphatic carbocycles. The minimum Gasteiger partial charge on any atom is -0.396 e. The Labute approximate surface area is 114 Å². The maximum absolute atomic E-state index is 12.5. The summed E-state index contributed by atoms with van der Waals surface area (Å²) < 4.78 is 0. The number of nitrogens with zero attached hydrogens (tertiary/aromatic N) is 3. The summed E-state index contributed by atoms with van der Waals surface area (Å²) in [5.41, 5.74) is 6.56.